The lowest BCUT2D eigenvalue weighted by molar-refractivity contribution is -0.138. The Labute approximate surface area is 54.7 Å². The predicted molar refractivity (Wildman–Crippen MR) is 28.4 cm³/mol. The van der Waals surface area contributed by atoms with Crippen LogP contribution in [0.15, 0.2) is 15.6 Å². The van der Waals surface area contributed by atoms with Gasteiger partial charge in [0.15, 0.2) is 0 Å². The Balaban J connectivity index is 2.85. The standard InChI is InChI=1S/C4H4N2O4/c7-3(8)1-6-4(9)10-2-5-6/h2H,1H2,(H,7,8). The molecular formula is C4H4N2O4. The first-order chi connectivity index (χ1) is 4.70. The lowest BCUT2D eigenvalue weighted by Crippen LogP contribution is -2.20. The molecule has 0 aliphatic heterocycles. The molecule has 6 nitrogen and oxygen atoms in total. The number of hydrogen-bond donors (Lipinski definition) is 1. The van der Waals surface area contributed by atoms with Crippen LogP contribution in [0.2, 0.25) is 0 Å². The minimum atomic E-state index is -1.13. The number of carbonyl (C=O) groups is 1. The van der Waals surface area contributed by atoms with Gasteiger partial charge in [0.1, 0.15) is 6.54 Å². The van der Waals surface area contributed by atoms with E-state index in [4.69, 9.17) is 5.11 Å². The molecule has 1 rings (SSSR count). The van der Waals surface area contributed by atoms with Crippen LogP contribution in [-0.4, -0.2) is 20.9 Å². The largest absolute Gasteiger partial charge is 0.480 e. The molecule has 0 saturated heterocycles. The molecule has 0 bridgehead atoms. The van der Waals surface area contributed by atoms with Crippen LogP contribution in [0, 0.1) is 0 Å². The van der Waals surface area contributed by atoms with E-state index in [-0.39, 0.29) is 0 Å². The van der Waals surface area contributed by atoms with Crippen LogP contribution < -0.4 is 5.76 Å². The summed E-state index contributed by atoms with van der Waals surface area (Å²) in [6.07, 6.45) is 0.894. The van der Waals surface area contributed by atoms with Gasteiger partial charge in [-0.05, 0) is 0 Å². The zero-order valence-corrected chi connectivity index (χ0v) is 4.85. The predicted octanol–water partition coefficient (Wildman–Crippen LogP) is -1.08. The van der Waals surface area contributed by atoms with E-state index < -0.39 is 18.3 Å². The molecule has 0 aliphatic rings. The van der Waals surface area contributed by atoms with Crippen LogP contribution in [0.5, 0.6) is 0 Å². The third kappa shape index (κ3) is 1.22. The summed E-state index contributed by atoms with van der Waals surface area (Å²) in [4.78, 5) is 20.4. The van der Waals surface area contributed by atoms with E-state index in [1.165, 1.54) is 0 Å². The maximum atomic E-state index is 10.4. The van der Waals surface area contributed by atoms with Crippen molar-refractivity contribution in [3.8, 4) is 0 Å². The first-order valence-corrected chi connectivity index (χ1v) is 2.42. The van der Waals surface area contributed by atoms with E-state index in [0.29, 0.717) is 4.68 Å². The summed E-state index contributed by atoms with van der Waals surface area (Å²) in [5.41, 5.74) is 0. The summed E-state index contributed by atoms with van der Waals surface area (Å²) in [7, 11) is 0. The molecule has 54 valence electrons. The van der Waals surface area contributed by atoms with Crippen molar-refractivity contribution in [1.29, 1.82) is 0 Å². The van der Waals surface area contributed by atoms with Gasteiger partial charge in [0, 0.05) is 0 Å². The first-order valence-electron chi connectivity index (χ1n) is 2.42. The van der Waals surface area contributed by atoms with Crippen LogP contribution in [-0.2, 0) is 11.3 Å². The smallest absolute Gasteiger partial charge is 0.437 e. The molecule has 0 atom stereocenters. The second-order valence-corrected chi connectivity index (χ2v) is 1.56. The number of rotatable bonds is 2. The minimum Gasteiger partial charge on any atom is -0.480 e. The topological polar surface area (TPSA) is 85.3 Å². The van der Waals surface area contributed by atoms with Gasteiger partial charge in [-0.1, -0.05) is 0 Å². The summed E-state index contributed by atoms with van der Waals surface area (Å²) in [5.74, 6) is -1.89. The molecule has 1 aromatic rings. The second-order valence-electron chi connectivity index (χ2n) is 1.56. The van der Waals surface area contributed by atoms with E-state index in [1.807, 2.05) is 0 Å². The lowest BCUT2D eigenvalue weighted by atomic mass is 10.7. The third-order valence-corrected chi connectivity index (χ3v) is 0.836. The van der Waals surface area contributed by atoms with Crippen LogP contribution in [0.3, 0.4) is 0 Å². The second kappa shape index (κ2) is 2.34. The minimum absolute atomic E-state index is 0.463. The zero-order valence-electron chi connectivity index (χ0n) is 4.85. The molecule has 1 aromatic heterocycles. The Kier molecular flexibility index (Phi) is 1.53. The molecule has 1 N–H and O–H groups in total. The van der Waals surface area contributed by atoms with Gasteiger partial charge in [-0.25, -0.2) is 4.79 Å². The summed E-state index contributed by atoms with van der Waals surface area (Å²) in [6.45, 7) is -0.463. The molecular weight excluding hydrogens is 140 g/mol. The molecule has 10 heavy (non-hydrogen) atoms. The number of carboxylic acids is 1. The number of aliphatic carboxylic acids is 1. The average Bonchev–Trinajstić information content (AvgIpc) is 2.15. The highest BCUT2D eigenvalue weighted by atomic mass is 16.4. The van der Waals surface area contributed by atoms with Gasteiger partial charge in [-0.15, -0.1) is 5.10 Å². The number of carboxylic acid groups (broad SMARTS) is 1. The summed E-state index contributed by atoms with van der Waals surface area (Å²) in [5, 5.41) is 11.5. The summed E-state index contributed by atoms with van der Waals surface area (Å²) in [6, 6.07) is 0. The van der Waals surface area contributed by atoms with Crippen molar-refractivity contribution in [3.63, 3.8) is 0 Å². The normalized spacial score (nSPS) is 9.60. The van der Waals surface area contributed by atoms with E-state index in [9.17, 15) is 9.59 Å². The van der Waals surface area contributed by atoms with Gasteiger partial charge < -0.3 is 9.52 Å². The summed E-state index contributed by atoms with van der Waals surface area (Å²) < 4.78 is 4.91. The maximum Gasteiger partial charge on any atom is 0.437 e. The molecule has 0 fully saturated rings. The van der Waals surface area contributed by atoms with Crippen LogP contribution in [0.4, 0.5) is 0 Å². The fourth-order valence-corrected chi connectivity index (χ4v) is 0.467. The summed E-state index contributed by atoms with van der Waals surface area (Å²) >= 11 is 0. The average molecular weight is 144 g/mol. The highest BCUT2D eigenvalue weighted by molar-refractivity contribution is 5.66. The Bertz CT molecular complexity index is 285. The Morgan fingerprint density at radius 2 is 2.60 bits per heavy atom. The van der Waals surface area contributed by atoms with Crippen molar-refractivity contribution < 1.29 is 14.3 Å². The van der Waals surface area contributed by atoms with Gasteiger partial charge >= 0.3 is 11.7 Å². The fourth-order valence-electron chi connectivity index (χ4n) is 0.467. The van der Waals surface area contributed by atoms with Crippen molar-refractivity contribution in [2.75, 3.05) is 0 Å². The van der Waals surface area contributed by atoms with Crippen molar-refractivity contribution in [3.05, 3.63) is 16.9 Å². The van der Waals surface area contributed by atoms with E-state index >= 15 is 0 Å². The van der Waals surface area contributed by atoms with Crippen molar-refractivity contribution in [2.45, 2.75) is 6.54 Å². The maximum absolute atomic E-state index is 10.4. The number of hydrogen-bond acceptors (Lipinski definition) is 4. The monoisotopic (exact) mass is 144 g/mol. The van der Waals surface area contributed by atoms with Crippen LogP contribution in [0.1, 0.15) is 0 Å². The molecule has 0 amide bonds. The van der Waals surface area contributed by atoms with Crippen LogP contribution >= 0.6 is 0 Å². The Morgan fingerprint density at radius 1 is 1.90 bits per heavy atom. The molecule has 0 unspecified atom stereocenters. The fraction of sp³-hybridized carbons (Fsp3) is 0.250. The van der Waals surface area contributed by atoms with Gasteiger partial charge in [0.05, 0.1) is 0 Å². The zero-order chi connectivity index (χ0) is 7.56. The van der Waals surface area contributed by atoms with E-state index in [0.717, 1.165) is 6.39 Å². The molecule has 0 spiro atoms. The SMILES string of the molecule is O=C(O)Cn1ncoc1=O. The van der Waals surface area contributed by atoms with Crippen molar-refractivity contribution in [2.24, 2.45) is 0 Å². The molecule has 0 aliphatic carbocycles. The third-order valence-electron chi connectivity index (χ3n) is 0.836. The van der Waals surface area contributed by atoms with Crippen molar-refractivity contribution in [1.82, 2.24) is 9.78 Å². The molecule has 6 heteroatoms. The van der Waals surface area contributed by atoms with Gasteiger partial charge in [-0.2, -0.15) is 4.68 Å². The van der Waals surface area contributed by atoms with Crippen LogP contribution in [0.25, 0.3) is 0 Å². The Morgan fingerprint density at radius 3 is 3.00 bits per heavy atom. The van der Waals surface area contributed by atoms with Gasteiger partial charge in [-0.3, -0.25) is 4.79 Å². The number of aromatic nitrogens is 2. The van der Waals surface area contributed by atoms with Gasteiger partial charge in [0.2, 0.25) is 6.39 Å². The highest BCUT2D eigenvalue weighted by Crippen LogP contribution is 1.74. The molecule has 0 aromatic carbocycles. The number of nitrogens with zero attached hydrogens (tertiary/aromatic N) is 2. The Hall–Kier alpha value is -1.59. The molecule has 0 saturated carbocycles. The van der Waals surface area contributed by atoms with Gasteiger partial charge in [0.25, 0.3) is 0 Å². The first kappa shape index (κ1) is 6.53. The highest BCUT2D eigenvalue weighted by Gasteiger charge is 2.03. The quantitative estimate of drug-likeness (QED) is 0.570. The van der Waals surface area contributed by atoms with Crippen molar-refractivity contribution >= 4 is 5.97 Å². The molecule has 1 heterocycles. The molecule has 0 radical (unpaired) electrons. The van der Waals surface area contributed by atoms with E-state index in [1.54, 1.807) is 0 Å². The lowest BCUT2D eigenvalue weighted by Gasteiger charge is -1.87. The van der Waals surface area contributed by atoms with E-state index in [2.05, 4.69) is 9.52 Å².